The van der Waals surface area contributed by atoms with E-state index in [0.717, 1.165) is 5.69 Å². The molecule has 0 fully saturated rings. The quantitative estimate of drug-likeness (QED) is 0.810. The van der Waals surface area contributed by atoms with Crippen LogP contribution in [0.2, 0.25) is 0 Å². The average molecular weight is 322 g/mol. The lowest BCUT2D eigenvalue weighted by atomic mass is 10.1. The Bertz CT molecular complexity index is 758. The van der Waals surface area contributed by atoms with Gasteiger partial charge in [0.05, 0.1) is 17.2 Å². The summed E-state index contributed by atoms with van der Waals surface area (Å²) in [4.78, 5) is 28.7. The van der Waals surface area contributed by atoms with Crippen LogP contribution < -0.4 is 4.90 Å². The van der Waals surface area contributed by atoms with E-state index in [1.165, 1.54) is 16.0 Å². The van der Waals surface area contributed by atoms with Gasteiger partial charge < -0.3 is 4.90 Å². The highest BCUT2D eigenvalue weighted by Crippen LogP contribution is 2.27. The molecule has 3 rings (SSSR count). The van der Waals surface area contributed by atoms with Crippen molar-refractivity contribution in [1.29, 1.82) is 0 Å². The Morgan fingerprint density at radius 2 is 1.42 bits per heavy atom. The summed E-state index contributed by atoms with van der Waals surface area (Å²) in [7, 11) is 2.00. The standard InChI is InChI=1S/C20H22N2O2/c1-13-8-7-9-14(2)18(13)21(4)12-15(3)22-19(23)16-10-5-6-11-17(16)20(22)24/h5-11,15H,12H2,1-4H3. The Labute approximate surface area is 142 Å². The third-order valence-electron chi connectivity index (χ3n) is 4.63. The maximum Gasteiger partial charge on any atom is 0.261 e. The minimum atomic E-state index is -0.207. The van der Waals surface area contributed by atoms with Gasteiger partial charge >= 0.3 is 0 Å². The number of rotatable bonds is 4. The van der Waals surface area contributed by atoms with Crippen molar-refractivity contribution in [3.63, 3.8) is 0 Å². The van der Waals surface area contributed by atoms with Gasteiger partial charge in [-0.2, -0.15) is 0 Å². The second-order valence-electron chi connectivity index (χ2n) is 6.50. The van der Waals surface area contributed by atoms with Gasteiger partial charge in [0, 0.05) is 19.3 Å². The summed E-state index contributed by atoms with van der Waals surface area (Å²) in [6.07, 6.45) is 0. The smallest absolute Gasteiger partial charge is 0.261 e. The Hall–Kier alpha value is -2.62. The maximum atomic E-state index is 12.6. The van der Waals surface area contributed by atoms with Crippen LogP contribution in [0.4, 0.5) is 5.69 Å². The van der Waals surface area contributed by atoms with Crippen molar-refractivity contribution < 1.29 is 9.59 Å². The second-order valence-corrected chi connectivity index (χ2v) is 6.50. The van der Waals surface area contributed by atoms with Gasteiger partial charge in [0.1, 0.15) is 0 Å². The molecule has 1 aliphatic heterocycles. The van der Waals surface area contributed by atoms with Crippen LogP contribution in [0.25, 0.3) is 0 Å². The molecular weight excluding hydrogens is 300 g/mol. The first kappa shape index (κ1) is 16.2. The number of carbonyl (C=O) groups excluding carboxylic acids is 2. The molecular formula is C20H22N2O2. The monoisotopic (exact) mass is 322 g/mol. The first-order valence-electron chi connectivity index (χ1n) is 8.16. The molecule has 124 valence electrons. The summed E-state index contributed by atoms with van der Waals surface area (Å²) in [5.41, 5.74) is 4.54. The van der Waals surface area contributed by atoms with Crippen LogP contribution in [-0.4, -0.2) is 36.3 Å². The Balaban J connectivity index is 1.82. The molecule has 2 aromatic rings. The zero-order valence-electron chi connectivity index (χ0n) is 14.5. The molecule has 0 spiro atoms. The van der Waals surface area contributed by atoms with Gasteiger partial charge in [-0.1, -0.05) is 30.3 Å². The van der Waals surface area contributed by atoms with Crippen molar-refractivity contribution in [1.82, 2.24) is 4.90 Å². The van der Waals surface area contributed by atoms with Gasteiger partial charge in [-0.15, -0.1) is 0 Å². The van der Waals surface area contributed by atoms with Gasteiger partial charge in [0.25, 0.3) is 11.8 Å². The molecule has 4 nitrogen and oxygen atoms in total. The van der Waals surface area contributed by atoms with Crippen molar-refractivity contribution in [3.8, 4) is 0 Å². The summed E-state index contributed by atoms with van der Waals surface area (Å²) >= 11 is 0. The Kier molecular flexibility index (Phi) is 4.14. The van der Waals surface area contributed by atoms with Gasteiger partial charge in [0.2, 0.25) is 0 Å². The van der Waals surface area contributed by atoms with Gasteiger partial charge in [-0.3, -0.25) is 14.5 Å². The number of anilines is 1. The van der Waals surface area contributed by atoms with E-state index in [4.69, 9.17) is 0 Å². The number of hydrogen-bond donors (Lipinski definition) is 0. The molecule has 0 aromatic heterocycles. The predicted molar refractivity (Wildman–Crippen MR) is 95.6 cm³/mol. The predicted octanol–water partition coefficient (Wildman–Crippen LogP) is 3.42. The minimum Gasteiger partial charge on any atom is -0.372 e. The molecule has 1 atom stereocenters. The number of benzene rings is 2. The van der Waals surface area contributed by atoms with Crippen LogP contribution in [0.15, 0.2) is 42.5 Å². The molecule has 4 heteroatoms. The zero-order chi connectivity index (χ0) is 17.4. The molecule has 2 aromatic carbocycles. The van der Waals surface area contributed by atoms with E-state index in [9.17, 15) is 9.59 Å². The lowest BCUT2D eigenvalue weighted by molar-refractivity contribution is 0.0601. The van der Waals surface area contributed by atoms with Crippen LogP contribution in [0, 0.1) is 13.8 Å². The van der Waals surface area contributed by atoms with E-state index in [-0.39, 0.29) is 17.9 Å². The average Bonchev–Trinajstić information content (AvgIpc) is 2.79. The van der Waals surface area contributed by atoms with Gasteiger partial charge in [-0.05, 0) is 44.0 Å². The first-order chi connectivity index (χ1) is 11.4. The molecule has 1 unspecified atom stereocenters. The maximum absolute atomic E-state index is 12.6. The third kappa shape index (κ3) is 2.58. The molecule has 1 heterocycles. The first-order valence-corrected chi connectivity index (χ1v) is 8.16. The van der Waals surface area contributed by atoms with Gasteiger partial charge in [-0.25, -0.2) is 0 Å². The number of likely N-dealkylation sites (N-methyl/N-ethyl adjacent to an activating group) is 1. The van der Waals surface area contributed by atoms with E-state index < -0.39 is 0 Å². The Morgan fingerprint density at radius 3 is 1.92 bits per heavy atom. The molecule has 24 heavy (non-hydrogen) atoms. The van der Waals surface area contributed by atoms with E-state index >= 15 is 0 Å². The van der Waals surface area contributed by atoms with Crippen LogP contribution in [0.3, 0.4) is 0 Å². The fourth-order valence-electron chi connectivity index (χ4n) is 3.59. The Morgan fingerprint density at radius 1 is 0.917 bits per heavy atom. The fourth-order valence-corrected chi connectivity index (χ4v) is 3.59. The summed E-state index contributed by atoms with van der Waals surface area (Å²) in [5, 5.41) is 0. The largest absolute Gasteiger partial charge is 0.372 e. The molecule has 0 bridgehead atoms. The number of carbonyl (C=O) groups is 2. The molecule has 0 saturated heterocycles. The number of para-hydroxylation sites is 1. The van der Waals surface area contributed by atoms with Crippen LogP contribution in [0.5, 0.6) is 0 Å². The van der Waals surface area contributed by atoms with Crippen molar-refractivity contribution in [2.45, 2.75) is 26.8 Å². The topological polar surface area (TPSA) is 40.6 Å². The highest BCUT2D eigenvalue weighted by molar-refractivity contribution is 6.21. The number of aryl methyl sites for hydroxylation is 2. The minimum absolute atomic E-state index is 0.196. The van der Waals surface area contributed by atoms with Crippen LogP contribution in [-0.2, 0) is 0 Å². The van der Waals surface area contributed by atoms with Crippen molar-refractivity contribution >= 4 is 17.5 Å². The molecule has 2 amide bonds. The van der Waals surface area contributed by atoms with Crippen LogP contribution >= 0.6 is 0 Å². The third-order valence-corrected chi connectivity index (χ3v) is 4.63. The molecule has 0 aliphatic carbocycles. The summed E-state index contributed by atoms with van der Waals surface area (Å²) < 4.78 is 0. The summed E-state index contributed by atoms with van der Waals surface area (Å²) in [6, 6.07) is 13.0. The molecule has 0 saturated carbocycles. The molecule has 1 aliphatic rings. The normalized spacial score (nSPS) is 14.8. The second kappa shape index (κ2) is 6.11. The van der Waals surface area contributed by atoms with Crippen molar-refractivity contribution in [2.75, 3.05) is 18.5 Å². The van der Waals surface area contributed by atoms with E-state index in [0.29, 0.717) is 17.7 Å². The van der Waals surface area contributed by atoms with Crippen molar-refractivity contribution in [2.24, 2.45) is 0 Å². The van der Waals surface area contributed by atoms with E-state index in [2.05, 4.69) is 30.9 Å². The highest BCUT2D eigenvalue weighted by Gasteiger charge is 2.38. The van der Waals surface area contributed by atoms with Crippen molar-refractivity contribution in [3.05, 3.63) is 64.7 Å². The fraction of sp³-hybridized carbons (Fsp3) is 0.300. The van der Waals surface area contributed by atoms with E-state index in [1.807, 2.05) is 20.0 Å². The number of amides is 2. The number of nitrogens with zero attached hydrogens (tertiary/aromatic N) is 2. The number of imide groups is 1. The van der Waals surface area contributed by atoms with E-state index in [1.54, 1.807) is 24.3 Å². The molecule has 0 radical (unpaired) electrons. The van der Waals surface area contributed by atoms with Crippen LogP contribution in [0.1, 0.15) is 38.8 Å². The lowest BCUT2D eigenvalue weighted by Crippen LogP contribution is -2.44. The molecule has 0 N–H and O–H groups in total. The highest BCUT2D eigenvalue weighted by atomic mass is 16.2. The zero-order valence-corrected chi connectivity index (χ0v) is 14.5. The number of fused-ring (bicyclic) bond motifs is 1. The van der Waals surface area contributed by atoms with Gasteiger partial charge in [0.15, 0.2) is 0 Å². The number of hydrogen-bond acceptors (Lipinski definition) is 3. The summed E-state index contributed by atoms with van der Waals surface area (Å²) in [5.74, 6) is -0.393. The lowest BCUT2D eigenvalue weighted by Gasteiger charge is -2.30. The summed E-state index contributed by atoms with van der Waals surface area (Å²) in [6.45, 7) is 6.67. The SMILES string of the molecule is Cc1cccc(C)c1N(C)CC(C)N1C(=O)c2ccccc2C1=O.